The Hall–Kier alpha value is -0.420. The van der Waals surface area contributed by atoms with Crippen LogP contribution in [-0.2, 0) is 14.1 Å². The second-order valence-corrected chi connectivity index (χ2v) is 7.81. The number of rotatable bonds is 15. The van der Waals surface area contributed by atoms with E-state index in [1.165, 1.54) is 44.9 Å². The summed E-state index contributed by atoms with van der Waals surface area (Å²) >= 11 is 0. The number of unbranched alkanes of at least 4 members (excludes halogenated alkanes) is 9. The summed E-state index contributed by atoms with van der Waals surface area (Å²) < 4.78 is 15.5. The van der Waals surface area contributed by atoms with Gasteiger partial charge in [0.15, 0.2) is 0 Å². The molecule has 0 aromatic heterocycles. The molecule has 0 aliphatic heterocycles. The van der Waals surface area contributed by atoms with E-state index in [1.807, 2.05) is 0 Å². The minimum atomic E-state index is -4.27. The summed E-state index contributed by atoms with van der Waals surface area (Å²) in [6, 6.07) is 0. The van der Waals surface area contributed by atoms with Crippen molar-refractivity contribution >= 4 is 13.6 Å². The van der Waals surface area contributed by atoms with Crippen molar-refractivity contribution in [2.45, 2.75) is 83.7 Å². The van der Waals surface area contributed by atoms with Crippen molar-refractivity contribution < 1.29 is 29.0 Å². The normalized spacial score (nSPS) is 13.0. The van der Waals surface area contributed by atoms with Crippen LogP contribution >= 0.6 is 7.60 Å². The van der Waals surface area contributed by atoms with E-state index in [-0.39, 0.29) is 6.61 Å². The number of carbonyl (C=O) groups excluding carboxylic acids is 1. The van der Waals surface area contributed by atoms with Crippen molar-refractivity contribution in [2.24, 2.45) is 0 Å². The highest BCUT2D eigenvalue weighted by Gasteiger charge is 2.20. The third-order valence-corrected chi connectivity index (χ3v) is 4.52. The number of ether oxygens (including phenoxy) is 1. The second kappa shape index (κ2) is 14.0. The molecule has 0 saturated heterocycles. The Morgan fingerprint density at radius 1 is 0.957 bits per heavy atom. The Morgan fingerprint density at radius 2 is 1.43 bits per heavy atom. The molecule has 0 rings (SSSR count). The van der Waals surface area contributed by atoms with Crippen molar-refractivity contribution in [1.82, 2.24) is 0 Å². The first-order valence-corrected chi connectivity index (χ1v) is 10.5. The Balaban J connectivity index is 3.38. The Bertz CT molecular complexity index is 341. The van der Waals surface area contributed by atoms with E-state index in [9.17, 15) is 14.5 Å². The van der Waals surface area contributed by atoms with Crippen LogP contribution in [0.25, 0.3) is 0 Å². The van der Waals surface area contributed by atoms with Gasteiger partial charge in [-0.25, -0.2) is 0 Å². The molecule has 6 nitrogen and oxygen atoms in total. The molecule has 0 radical (unpaired) electrons. The van der Waals surface area contributed by atoms with Gasteiger partial charge in [-0.1, -0.05) is 64.7 Å². The molecule has 0 aromatic carbocycles. The van der Waals surface area contributed by atoms with Gasteiger partial charge in [0, 0.05) is 6.42 Å². The van der Waals surface area contributed by atoms with E-state index in [1.54, 1.807) is 0 Å². The quantitative estimate of drug-likeness (QED) is 0.237. The van der Waals surface area contributed by atoms with Crippen molar-refractivity contribution in [3.63, 3.8) is 0 Å². The smallest absolute Gasteiger partial charge is 0.328 e. The molecule has 23 heavy (non-hydrogen) atoms. The number of esters is 1. The van der Waals surface area contributed by atoms with Gasteiger partial charge < -0.3 is 19.6 Å². The molecule has 0 bridgehead atoms. The monoisotopic (exact) mass is 352 g/mol. The zero-order valence-electron chi connectivity index (χ0n) is 14.3. The molecule has 3 N–H and O–H groups in total. The summed E-state index contributed by atoms with van der Waals surface area (Å²) in [7, 11) is -4.27. The molecular formula is C16H33O6P. The summed E-state index contributed by atoms with van der Waals surface area (Å²) in [5.41, 5.74) is 0. The topological polar surface area (TPSA) is 104 Å². The van der Waals surface area contributed by atoms with Crippen LogP contribution in [0, 0.1) is 0 Å². The predicted octanol–water partition coefficient (Wildman–Crippen LogP) is 3.38. The van der Waals surface area contributed by atoms with Gasteiger partial charge in [0.1, 0.15) is 6.61 Å². The average Bonchev–Trinajstić information content (AvgIpc) is 2.45. The largest absolute Gasteiger partial charge is 0.463 e. The predicted molar refractivity (Wildman–Crippen MR) is 90.3 cm³/mol. The van der Waals surface area contributed by atoms with Gasteiger partial charge in [0.25, 0.3) is 0 Å². The summed E-state index contributed by atoms with van der Waals surface area (Å²) in [6.07, 6.45) is 10.1. The summed E-state index contributed by atoms with van der Waals surface area (Å²) in [4.78, 5) is 28.8. The van der Waals surface area contributed by atoms with Gasteiger partial charge >= 0.3 is 13.6 Å². The van der Waals surface area contributed by atoms with E-state index in [0.29, 0.717) is 6.42 Å². The third kappa shape index (κ3) is 17.8. The van der Waals surface area contributed by atoms with E-state index in [2.05, 4.69) is 6.92 Å². The molecule has 0 amide bonds. The van der Waals surface area contributed by atoms with Gasteiger partial charge in [-0.15, -0.1) is 0 Å². The molecule has 7 heteroatoms. The lowest BCUT2D eigenvalue weighted by atomic mass is 10.1. The maximum Gasteiger partial charge on any atom is 0.328 e. The highest BCUT2D eigenvalue weighted by Crippen LogP contribution is 2.34. The van der Waals surface area contributed by atoms with Crippen LogP contribution in [0.5, 0.6) is 0 Å². The standard InChI is InChI=1S/C16H33O6P/c1-2-3-4-5-6-7-8-9-10-11-12-16(18)22-13-15(17)14-23(19,20)21/h15,17H,2-14H2,1H3,(H2,19,20,21). The van der Waals surface area contributed by atoms with Crippen LogP contribution < -0.4 is 0 Å². The lowest BCUT2D eigenvalue weighted by Crippen LogP contribution is -2.22. The molecule has 1 atom stereocenters. The van der Waals surface area contributed by atoms with Gasteiger partial charge in [-0.2, -0.15) is 0 Å². The Morgan fingerprint density at radius 3 is 1.91 bits per heavy atom. The SMILES string of the molecule is CCCCCCCCCCCCC(=O)OCC(O)CP(=O)(O)O. The second-order valence-electron chi connectivity index (χ2n) is 6.12. The van der Waals surface area contributed by atoms with Gasteiger partial charge in [0.05, 0.1) is 12.3 Å². The van der Waals surface area contributed by atoms with E-state index in [0.717, 1.165) is 19.3 Å². The molecule has 0 aliphatic rings. The molecule has 0 saturated carbocycles. The lowest BCUT2D eigenvalue weighted by molar-refractivity contribution is -0.146. The summed E-state index contributed by atoms with van der Waals surface area (Å²) in [5.74, 6) is -0.422. The van der Waals surface area contributed by atoms with Crippen molar-refractivity contribution in [2.75, 3.05) is 12.8 Å². The van der Waals surface area contributed by atoms with Crippen LogP contribution in [0.15, 0.2) is 0 Å². The highest BCUT2D eigenvalue weighted by atomic mass is 31.2. The van der Waals surface area contributed by atoms with Gasteiger partial charge in [-0.05, 0) is 6.42 Å². The molecule has 0 aromatic rings. The first-order valence-electron chi connectivity index (χ1n) is 8.73. The van der Waals surface area contributed by atoms with Crippen LogP contribution in [-0.4, -0.2) is 39.7 Å². The maximum atomic E-state index is 11.4. The molecule has 0 heterocycles. The van der Waals surface area contributed by atoms with Crippen LogP contribution in [0.2, 0.25) is 0 Å². The number of aliphatic hydroxyl groups excluding tert-OH is 1. The first-order chi connectivity index (χ1) is 10.8. The van der Waals surface area contributed by atoms with E-state index in [4.69, 9.17) is 14.5 Å². The zero-order valence-corrected chi connectivity index (χ0v) is 15.2. The minimum Gasteiger partial charge on any atom is -0.463 e. The Labute approximate surface area is 139 Å². The van der Waals surface area contributed by atoms with Crippen LogP contribution in [0.1, 0.15) is 77.6 Å². The van der Waals surface area contributed by atoms with Crippen molar-refractivity contribution in [3.8, 4) is 0 Å². The van der Waals surface area contributed by atoms with E-state index < -0.39 is 25.8 Å². The molecule has 138 valence electrons. The van der Waals surface area contributed by atoms with Crippen molar-refractivity contribution in [3.05, 3.63) is 0 Å². The number of carbonyl (C=O) groups is 1. The fourth-order valence-corrected chi connectivity index (χ4v) is 3.00. The molecule has 0 spiro atoms. The molecule has 1 unspecified atom stereocenters. The van der Waals surface area contributed by atoms with Crippen LogP contribution in [0.3, 0.4) is 0 Å². The Kier molecular flexibility index (Phi) is 13.7. The first kappa shape index (κ1) is 22.6. The van der Waals surface area contributed by atoms with Crippen molar-refractivity contribution in [1.29, 1.82) is 0 Å². The number of hydrogen-bond acceptors (Lipinski definition) is 4. The van der Waals surface area contributed by atoms with E-state index >= 15 is 0 Å². The maximum absolute atomic E-state index is 11.4. The fourth-order valence-electron chi connectivity index (χ4n) is 2.35. The number of hydrogen-bond donors (Lipinski definition) is 3. The lowest BCUT2D eigenvalue weighted by Gasteiger charge is -2.12. The fraction of sp³-hybridized carbons (Fsp3) is 0.938. The van der Waals surface area contributed by atoms with Gasteiger partial charge in [-0.3, -0.25) is 9.36 Å². The minimum absolute atomic E-state index is 0.291. The van der Waals surface area contributed by atoms with Crippen LogP contribution in [0.4, 0.5) is 0 Å². The molecule has 0 fully saturated rings. The summed E-state index contributed by atoms with van der Waals surface area (Å²) in [5, 5.41) is 9.31. The molecule has 0 aliphatic carbocycles. The number of aliphatic hydroxyl groups is 1. The third-order valence-electron chi connectivity index (χ3n) is 3.62. The van der Waals surface area contributed by atoms with Gasteiger partial charge in [0.2, 0.25) is 0 Å². The highest BCUT2D eigenvalue weighted by molar-refractivity contribution is 7.51. The average molecular weight is 352 g/mol. The summed E-state index contributed by atoms with van der Waals surface area (Å²) in [6.45, 7) is 1.85. The zero-order chi connectivity index (χ0) is 17.6. The molecular weight excluding hydrogens is 319 g/mol.